The van der Waals surface area contributed by atoms with Gasteiger partial charge in [-0.2, -0.15) is 0 Å². The molecule has 1 N–H and O–H groups in total. The number of para-hydroxylation sites is 1. The van der Waals surface area contributed by atoms with Crippen LogP contribution in [-0.2, 0) is 0 Å². The molecule has 0 unspecified atom stereocenters. The Balaban J connectivity index is 2.39. The maximum Gasteiger partial charge on any atom is 0.137 e. The lowest BCUT2D eigenvalue weighted by atomic mass is 9.97. The molecule has 2 aromatic carbocycles. The molecule has 0 fully saturated rings. The number of aliphatic imine (C=N–C) groups is 1. The van der Waals surface area contributed by atoms with E-state index >= 15 is 0 Å². The van der Waals surface area contributed by atoms with Gasteiger partial charge in [0.1, 0.15) is 5.75 Å². The molecule has 0 heterocycles. The molecule has 0 aliphatic heterocycles. The van der Waals surface area contributed by atoms with Crippen molar-refractivity contribution in [2.45, 2.75) is 26.2 Å². The molecule has 0 aliphatic carbocycles. The predicted octanol–water partition coefficient (Wildman–Crippen LogP) is 5.87. The highest BCUT2D eigenvalue weighted by Crippen LogP contribution is 2.30. The number of rotatable bonds is 4. The van der Waals surface area contributed by atoms with E-state index in [0.717, 1.165) is 24.8 Å². The minimum absolute atomic E-state index is 0.292. The maximum atomic E-state index is 10.1. The Hall–Kier alpha value is -0.630. The van der Waals surface area contributed by atoms with Gasteiger partial charge in [0.25, 0.3) is 0 Å². The number of hydrogen-bond acceptors (Lipinski definition) is 2. The number of aromatic hydroxyl groups is 1. The molecule has 21 heavy (non-hydrogen) atoms. The van der Waals surface area contributed by atoms with Gasteiger partial charge in [-0.05, 0) is 81.3 Å². The van der Waals surface area contributed by atoms with E-state index in [1.165, 1.54) is 5.56 Å². The van der Waals surface area contributed by atoms with Crippen molar-refractivity contribution in [3.8, 4) is 5.75 Å². The lowest BCUT2D eigenvalue weighted by molar-refractivity contribution is 0.470. The van der Waals surface area contributed by atoms with Crippen molar-refractivity contribution < 1.29 is 5.11 Å². The van der Waals surface area contributed by atoms with E-state index in [-0.39, 0.29) is 0 Å². The third kappa shape index (κ3) is 4.18. The Morgan fingerprint density at radius 2 is 1.95 bits per heavy atom. The summed E-state index contributed by atoms with van der Waals surface area (Å²) in [6.45, 7) is 4.39. The fourth-order valence-electron chi connectivity index (χ4n) is 2.07. The van der Waals surface area contributed by atoms with Gasteiger partial charge in [-0.25, -0.2) is 0 Å². The van der Waals surface area contributed by atoms with Crippen LogP contribution in [0.15, 0.2) is 41.4 Å². The Kier molecular flexibility index (Phi) is 6.04. The first-order valence-electron chi connectivity index (χ1n) is 6.84. The highest BCUT2D eigenvalue weighted by atomic mass is 127. The molecule has 2 aromatic rings. The molecule has 110 valence electrons. The first-order chi connectivity index (χ1) is 10.0. The normalized spacial score (nSPS) is 12.8. The Morgan fingerprint density at radius 1 is 1.24 bits per heavy atom. The Bertz CT molecular complexity index is 668. The van der Waals surface area contributed by atoms with Crippen LogP contribution in [0.4, 0.5) is 5.69 Å². The van der Waals surface area contributed by atoms with Crippen LogP contribution in [0.3, 0.4) is 0 Å². The van der Waals surface area contributed by atoms with E-state index < -0.39 is 0 Å². The quantitative estimate of drug-likeness (QED) is 0.410. The largest absolute Gasteiger partial charge is 0.506 e. The zero-order valence-corrected chi connectivity index (χ0v) is 16.3. The van der Waals surface area contributed by atoms with Crippen molar-refractivity contribution in [2.24, 2.45) is 4.99 Å². The summed E-state index contributed by atoms with van der Waals surface area (Å²) in [5.74, 6) is 0.767. The topological polar surface area (TPSA) is 32.6 Å². The van der Waals surface area contributed by atoms with Crippen molar-refractivity contribution in [2.75, 3.05) is 0 Å². The standard InChI is InChI=1S/C17H17I2NO/c1-3-11(2)14-6-4-5-7-16(14)20-10-12-8-13(18)9-15(19)17(12)21/h4-11,21H,3H2,1-2H3/t11-/m1/s1. The molecule has 0 saturated heterocycles. The zero-order chi connectivity index (χ0) is 15.4. The summed E-state index contributed by atoms with van der Waals surface area (Å²) in [5, 5.41) is 10.1. The zero-order valence-electron chi connectivity index (χ0n) is 12.0. The van der Waals surface area contributed by atoms with Crippen molar-refractivity contribution in [3.05, 3.63) is 54.7 Å². The summed E-state index contributed by atoms with van der Waals surface area (Å²) in [7, 11) is 0. The molecular weight excluding hydrogens is 488 g/mol. The highest BCUT2D eigenvalue weighted by molar-refractivity contribution is 14.1. The fraction of sp³-hybridized carbons (Fsp3) is 0.235. The smallest absolute Gasteiger partial charge is 0.137 e. The third-order valence-corrected chi connectivity index (χ3v) is 4.93. The molecule has 0 spiro atoms. The molecular formula is C17H17I2NO. The van der Waals surface area contributed by atoms with Crippen LogP contribution < -0.4 is 0 Å². The minimum atomic E-state index is 0.292. The second-order valence-corrected chi connectivity index (χ2v) is 7.36. The van der Waals surface area contributed by atoms with E-state index in [1.54, 1.807) is 6.21 Å². The van der Waals surface area contributed by atoms with E-state index in [4.69, 9.17) is 0 Å². The maximum absolute atomic E-state index is 10.1. The second kappa shape index (κ2) is 7.58. The van der Waals surface area contributed by atoms with Crippen molar-refractivity contribution in [3.63, 3.8) is 0 Å². The molecule has 0 bridgehead atoms. The molecule has 4 heteroatoms. The van der Waals surface area contributed by atoms with Gasteiger partial charge in [-0.15, -0.1) is 0 Å². The van der Waals surface area contributed by atoms with Gasteiger partial charge in [0, 0.05) is 15.3 Å². The lowest BCUT2D eigenvalue weighted by Gasteiger charge is -2.11. The van der Waals surface area contributed by atoms with Gasteiger partial charge in [0.15, 0.2) is 0 Å². The van der Waals surface area contributed by atoms with Crippen LogP contribution in [0, 0.1) is 7.14 Å². The molecule has 2 rings (SSSR count). The van der Waals surface area contributed by atoms with E-state index in [9.17, 15) is 5.11 Å². The van der Waals surface area contributed by atoms with Gasteiger partial charge >= 0.3 is 0 Å². The summed E-state index contributed by atoms with van der Waals surface area (Å²) in [6.07, 6.45) is 2.83. The van der Waals surface area contributed by atoms with Crippen LogP contribution in [0.2, 0.25) is 0 Å². The Labute approximate surface area is 153 Å². The van der Waals surface area contributed by atoms with Crippen LogP contribution >= 0.6 is 45.2 Å². The molecule has 0 amide bonds. The highest BCUT2D eigenvalue weighted by Gasteiger charge is 2.08. The van der Waals surface area contributed by atoms with E-state index in [2.05, 4.69) is 70.1 Å². The van der Waals surface area contributed by atoms with Crippen molar-refractivity contribution in [1.82, 2.24) is 0 Å². The number of hydrogen-bond donors (Lipinski definition) is 1. The first-order valence-corrected chi connectivity index (χ1v) is 8.99. The molecule has 0 aliphatic rings. The molecule has 0 aromatic heterocycles. The number of halogens is 2. The van der Waals surface area contributed by atoms with Crippen LogP contribution in [0.5, 0.6) is 5.75 Å². The monoisotopic (exact) mass is 505 g/mol. The summed E-state index contributed by atoms with van der Waals surface area (Å²) in [4.78, 5) is 4.60. The first kappa shape index (κ1) is 16.7. The average Bonchev–Trinajstić information content (AvgIpc) is 2.49. The van der Waals surface area contributed by atoms with Gasteiger partial charge in [-0.1, -0.05) is 32.0 Å². The Morgan fingerprint density at radius 3 is 2.67 bits per heavy atom. The SMILES string of the molecule is CC[C@@H](C)c1ccccc1N=Cc1cc(I)cc(I)c1O. The minimum Gasteiger partial charge on any atom is -0.506 e. The van der Waals surface area contributed by atoms with Gasteiger partial charge in [-0.3, -0.25) is 4.99 Å². The summed E-state index contributed by atoms with van der Waals surface area (Å²) < 4.78 is 1.93. The second-order valence-electron chi connectivity index (χ2n) is 4.95. The van der Waals surface area contributed by atoms with Crippen LogP contribution in [0.1, 0.15) is 37.3 Å². The average molecular weight is 505 g/mol. The summed E-state index contributed by atoms with van der Waals surface area (Å²) in [6, 6.07) is 12.1. The molecule has 1 atom stereocenters. The summed E-state index contributed by atoms with van der Waals surface area (Å²) >= 11 is 4.38. The number of nitrogens with zero attached hydrogens (tertiary/aromatic N) is 1. The number of phenols is 1. The van der Waals surface area contributed by atoms with Crippen molar-refractivity contribution >= 4 is 57.1 Å². The van der Waals surface area contributed by atoms with E-state index in [1.807, 2.05) is 30.3 Å². The van der Waals surface area contributed by atoms with Gasteiger partial charge in [0.05, 0.1) is 9.26 Å². The van der Waals surface area contributed by atoms with Gasteiger partial charge in [0.2, 0.25) is 0 Å². The number of phenolic OH excluding ortho intramolecular Hbond substituents is 1. The van der Waals surface area contributed by atoms with E-state index in [0.29, 0.717) is 11.7 Å². The predicted molar refractivity (Wildman–Crippen MR) is 106 cm³/mol. The molecule has 0 saturated carbocycles. The molecule has 2 nitrogen and oxygen atoms in total. The van der Waals surface area contributed by atoms with Crippen molar-refractivity contribution in [1.29, 1.82) is 0 Å². The lowest BCUT2D eigenvalue weighted by Crippen LogP contribution is -1.92. The molecule has 0 radical (unpaired) electrons. The third-order valence-electron chi connectivity index (χ3n) is 3.48. The van der Waals surface area contributed by atoms with Crippen LogP contribution in [0.25, 0.3) is 0 Å². The van der Waals surface area contributed by atoms with Crippen LogP contribution in [-0.4, -0.2) is 11.3 Å². The number of benzene rings is 2. The van der Waals surface area contributed by atoms with Gasteiger partial charge < -0.3 is 5.11 Å². The fourth-order valence-corrected chi connectivity index (χ4v) is 3.95. The summed E-state index contributed by atoms with van der Waals surface area (Å²) in [5.41, 5.74) is 2.97.